The number of ether oxygens (including phenoxy) is 1. The van der Waals surface area contributed by atoms with Gasteiger partial charge in [0.2, 0.25) is 0 Å². The average Bonchev–Trinajstić information content (AvgIpc) is 2.75. The van der Waals surface area contributed by atoms with Crippen LogP contribution >= 0.6 is 0 Å². The summed E-state index contributed by atoms with van der Waals surface area (Å²) in [5.41, 5.74) is 1.70. The van der Waals surface area contributed by atoms with Crippen molar-refractivity contribution < 1.29 is 9.53 Å². The molecule has 2 nitrogen and oxygen atoms in total. The standard InChI is InChI=1S/C8H6O2.C6H6/c9-8-7-4-2-1-3-6(7)5-10-8;1-2-4-6-5-3-1/h1-4H,5H2;1-6H. The first-order valence-corrected chi connectivity index (χ1v) is 5.13. The van der Waals surface area contributed by atoms with Gasteiger partial charge in [0.25, 0.3) is 0 Å². The van der Waals surface area contributed by atoms with Crippen molar-refractivity contribution in [2.24, 2.45) is 0 Å². The molecule has 2 heteroatoms. The van der Waals surface area contributed by atoms with Crippen molar-refractivity contribution >= 4 is 5.97 Å². The lowest BCUT2D eigenvalue weighted by molar-refractivity contribution is 0.0535. The van der Waals surface area contributed by atoms with Crippen LogP contribution in [-0.2, 0) is 11.3 Å². The van der Waals surface area contributed by atoms with E-state index in [1.807, 2.05) is 54.6 Å². The zero-order valence-corrected chi connectivity index (χ0v) is 8.80. The Morgan fingerprint density at radius 2 is 1.38 bits per heavy atom. The molecule has 0 saturated heterocycles. The van der Waals surface area contributed by atoms with E-state index in [0.717, 1.165) is 5.56 Å². The zero-order valence-electron chi connectivity index (χ0n) is 8.80. The monoisotopic (exact) mass is 212 g/mol. The highest BCUT2D eigenvalue weighted by Gasteiger charge is 2.18. The molecule has 0 fully saturated rings. The summed E-state index contributed by atoms with van der Waals surface area (Å²) in [5, 5.41) is 0. The minimum absolute atomic E-state index is 0.199. The van der Waals surface area contributed by atoms with Crippen LogP contribution in [0.5, 0.6) is 0 Å². The Morgan fingerprint density at radius 3 is 1.94 bits per heavy atom. The quantitative estimate of drug-likeness (QED) is 0.627. The number of carbonyl (C=O) groups excluding carboxylic acids is 1. The van der Waals surface area contributed by atoms with E-state index in [-0.39, 0.29) is 5.97 Å². The second kappa shape index (κ2) is 5.12. The molecule has 0 amide bonds. The molecule has 16 heavy (non-hydrogen) atoms. The number of carbonyl (C=O) groups is 1. The number of benzene rings is 2. The molecule has 1 aliphatic rings. The third-order valence-corrected chi connectivity index (χ3v) is 2.26. The molecule has 0 radical (unpaired) electrons. The van der Waals surface area contributed by atoms with Gasteiger partial charge >= 0.3 is 5.97 Å². The van der Waals surface area contributed by atoms with Crippen LogP contribution in [0, 0.1) is 0 Å². The molecule has 0 bridgehead atoms. The summed E-state index contributed by atoms with van der Waals surface area (Å²) in [6.45, 7) is 0.439. The Balaban J connectivity index is 0.000000138. The largest absolute Gasteiger partial charge is 0.457 e. The lowest BCUT2D eigenvalue weighted by Crippen LogP contribution is -1.91. The summed E-state index contributed by atoms with van der Waals surface area (Å²) in [6, 6.07) is 19.4. The summed E-state index contributed by atoms with van der Waals surface area (Å²) in [6.07, 6.45) is 0. The number of cyclic esters (lactones) is 1. The Kier molecular flexibility index (Phi) is 3.34. The number of esters is 1. The summed E-state index contributed by atoms with van der Waals surface area (Å²) >= 11 is 0. The molecular weight excluding hydrogens is 200 g/mol. The van der Waals surface area contributed by atoms with Gasteiger partial charge < -0.3 is 4.74 Å². The third kappa shape index (κ3) is 2.48. The average molecular weight is 212 g/mol. The fraction of sp³-hybridized carbons (Fsp3) is 0.0714. The van der Waals surface area contributed by atoms with E-state index in [1.54, 1.807) is 6.07 Å². The van der Waals surface area contributed by atoms with Crippen LogP contribution < -0.4 is 0 Å². The van der Waals surface area contributed by atoms with Crippen LogP contribution in [0.15, 0.2) is 60.7 Å². The van der Waals surface area contributed by atoms with Crippen molar-refractivity contribution in [3.05, 3.63) is 71.8 Å². The molecule has 0 N–H and O–H groups in total. The van der Waals surface area contributed by atoms with Gasteiger partial charge in [0.15, 0.2) is 0 Å². The van der Waals surface area contributed by atoms with E-state index < -0.39 is 0 Å². The molecule has 0 spiro atoms. The van der Waals surface area contributed by atoms with E-state index >= 15 is 0 Å². The molecule has 3 rings (SSSR count). The number of hydrogen-bond acceptors (Lipinski definition) is 2. The molecule has 0 saturated carbocycles. The summed E-state index contributed by atoms with van der Waals surface area (Å²) < 4.78 is 4.78. The molecule has 80 valence electrons. The molecule has 0 aliphatic carbocycles. The van der Waals surface area contributed by atoms with Gasteiger partial charge in [0, 0.05) is 5.56 Å². The van der Waals surface area contributed by atoms with Gasteiger partial charge in [-0.25, -0.2) is 4.79 Å². The van der Waals surface area contributed by atoms with E-state index in [9.17, 15) is 4.79 Å². The molecule has 0 atom stereocenters. The lowest BCUT2D eigenvalue weighted by Gasteiger charge is -1.87. The maximum absolute atomic E-state index is 10.8. The van der Waals surface area contributed by atoms with Gasteiger partial charge in [-0.15, -0.1) is 0 Å². The molecule has 2 aromatic rings. The molecule has 0 unspecified atom stereocenters. The van der Waals surface area contributed by atoms with Crippen molar-refractivity contribution in [1.82, 2.24) is 0 Å². The normalized spacial score (nSPS) is 12.1. The predicted octanol–water partition coefficient (Wildman–Crippen LogP) is 3.04. The van der Waals surface area contributed by atoms with E-state index in [2.05, 4.69) is 0 Å². The molecular formula is C14H12O2. The first kappa shape index (κ1) is 10.4. The second-order valence-electron chi connectivity index (χ2n) is 3.39. The molecule has 2 aromatic carbocycles. The van der Waals surface area contributed by atoms with Crippen LogP contribution in [0.2, 0.25) is 0 Å². The van der Waals surface area contributed by atoms with Crippen molar-refractivity contribution in [2.45, 2.75) is 6.61 Å². The van der Waals surface area contributed by atoms with Crippen molar-refractivity contribution in [1.29, 1.82) is 0 Å². The number of rotatable bonds is 0. The Hall–Kier alpha value is -2.09. The minimum atomic E-state index is -0.199. The first-order chi connectivity index (χ1) is 7.88. The Labute approximate surface area is 94.5 Å². The third-order valence-electron chi connectivity index (χ3n) is 2.26. The summed E-state index contributed by atoms with van der Waals surface area (Å²) in [4.78, 5) is 10.8. The van der Waals surface area contributed by atoms with Gasteiger partial charge in [-0.05, 0) is 6.07 Å². The van der Waals surface area contributed by atoms with Gasteiger partial charge in [-0.3, -0.25) is 0 Å². The number of hydrogen-bond donors (Lipinski definition) is 0. The topological polar surface area (TPSA) is 26.3 Å². The molecule has 0 aromatic heterocycles. The highest BCUT2D eigenvalue weighted by Crippen LogP contribution is 2.17. The van der Waals surface area contributed by atoms with Crippen molar-refractivity contribution in [3.63, 3.8) is 0 Å². The molecule has 1 aliphatic heterocycles. The SMILES string of the molecule is O=C1OCc2ccccc21.c1ccccc1. The van der Waals surface area contributed by atoms with Gasteiger partial charge in [-0.2, -0.15) is 0 Å². The van der Waals surface area contributed by atoms with Gasteiger partial charge in [0.05, 0.1) is 5.56 Å². The predicted molar refractivity (Wildman–Crippen MR) is 62.0 cm³/mol. The Morgan fingerprint density at radius 1 is 0.812 bits per heavy atom. The highest BCUT2D eigenvalue weighted by molar-refractivity contribution is 5.93. The number of fused-ring (bicyclic) bond motifs is 1. The first-order valence-electron chi connectivity index (χ1n) is 5.13. The molecule has 1 heterocycles. The van der Waals surface area contributed by atoms with Crippen LogP contribution in [0.3, 0.4) is 0 Å². The Bertz CT molecular complexity index is 436. The minimum Gasteiger partial charge on any atom is -0.457 e. The van der Waals surface area contributed by atoms with Gasteiger partial charge in [-0.1, -0.05) is 54.6 Å². The van der Waals surface area contributed by atoms with Crippen molar-refractivity contribution in [2.75, 3.05) is 0 Å². The van der Waals surface area contributed by atoms with E-state index in [1.165, 1.54) is 0 Å². The summed E-state index contributed by atoms with van der Waals surface area (Å²) in [5.74, 6) is -0.199. The second-order valence-corrected chi connectivity index (χ2v) is 3.39. The lowest BCUT2D eigenvalue weighted by atomic mass is 10.1. The fourth-order valence-corrected chi connectivity index (χ4v) is 1.45. The van der Waals surface area contributed by atoms with Crippen LogP contribution in [0.1, 0.15) is 15.9 Å². The van der Waals surface area contributed by atoms with Crippen molar-refractivity contribution in [3.8, 4) is 0 Å². The zero-order chi connectivity index (χ0) is 11.2. The smallest absolute Gasteiger partial charge is 0.338 e. The summed E-state index contributed by atoms with van der Waals surface area (Å²) in [7, 11) is 0. The maximum Gasteiger partial charge on any atom is 0.338 e. The van der Waals surface area contributed by atoms with Gasteiger partial charge in [0.1, 0.15) is 6.61 Å². The van der Waals surface area contributed by atoms with Crippen LogP contribution in [0.25, 0.3) is 0 Å². The van der Waals surface area contributed by atoms with E-state index in [0.29, 0.717) is 12.2 Å². The van der Waals surface area contributed by atoms with Crippen LogP contribution in [-0.4, -0.2) is 5.97 Å². The maximum atomic E-state index is 10.8. The highest BCUT2D eigenvalue weighted by atomic mass is 16.5. The van der Waals surface area contributed by atoms with E-state index in [4.69, 9.17) is 4.74 Å². The van der Waals surface area contributed by atoms with Crippen LogP contribution in [0.4, 0.5) is 0 Å². The fourth-order valence-electron chi connectivity index (χ4n) is 1.45.